The third kappa shape index (κ3) is 1.31. The van der Waals surface area contributed by atoms with Crippen LogP contribution in [0.1, 0.15) is 27.2 Å². The van der Waals surface area contributed by atoms with Gasteiger partial charge in [0.1, 0.15) is 0 Å². The largest absolute Gasteiger partial charge is 0.462 e. The number of ether oxygens (including phenoxy) is 1. The molecule has 1 heterocycles. The summed E-state index contributed by atoms with van der Waals surface area (Å²) in [6.45, 7) is 5.97. The van der Waals surface area contributed by atoms with E-state index in [1.165, 1.54) is 0 Å². The number of carbonyl (C=O) groups excluding carboxylic acids is 1. The number of esters is 1. The molecule has 0 aromatic carbocycles. The summed E-state index contributed by atoms with van der Waals surface area (Å²) in [7, 11) is 0. The summed E-state index contributed by atoms with van der Waals surface area (Å²) in [6, 6.07) is 0. The molecule has 0 saturated carbocycles. The summed E-state index contributed by atoms with van der Waals surface area (Å²) in [4.78, 5) is 11.0. The SMILES string of the molecule is CC1CC(C)C(C)C(=O)O1. The average Bonchev–Trinajstić information content (AvgIpc) is 1.82. The molecule has 1 rings (SSSR count). The van der Waals surface area contributed by atoms with Crippen molar-refractivity contribution in [3.05, 3.63) is 0 Å². The Labute approximate surface area is 61.6 Å². The number of hydrogen-bond acceptors (Lipinski definition) is 2. The quantitative estimate of drug-likeness (QED) is 0.480. The molecule has 1 saturated heterocycles. The average molecular weight is 142 g/mol. The Balaban J connectivity index is 2.57. The van der Waals surface area contributed by atoms with Gasteiger partial charge in [0, 0.05) is 0 Å². The van der Waals surface area contributed by atoms with Crippen molar-refractivity contribution in [3.63, 3.8) is 0 Å². The van der Waals surface area contributed by atoms with Gasteiger partial charge in [0.15, 0.2) is 0 Å². The highest BCUT2D eigenvalue weighted by atomic mass is 16.5. The summed E-state index contributed by atoms with van der Waals surface area (Å²) in [5.74, 6) is 0.540. The Morgan fingerprint density at radius 1 is 1.40 bits per heavy atom. The molecule has 0 aliphatic carbocycles. The van der Waals surface area contributed by atoms with Crippen molar-refractivity contribution in [2.24, 2.45) is 11.8 Å². The van der Waals surface area contributed by atoms with Gasteiger partial charge in [-0.15, -0.1) is 0 Å². The van der Waals surface area contributed by atoms with Crippen molar-refractivity contribution in [3.8, 4) is 0 Å². The Morgan fingerprint density at radius 2 is 2.00 bits per heavy atom. The summed E-state index contributed by atoms with van der Waals surface area (Å²) < 4.78 is 5.03. The van der Waals surface area contributed by atoms with Crippen LogP contribution in [-0.2, 0) is 9.53 Å². The van der Waals surface area contributed by atoms with E-state index in [-0.39, 0.29) is 18.0 Å². The molecule has 0 radical (unpaired) electrons. The summed E-state index contributed by atoms with van der Waals surface area (Å²) >= 11 is 0. The van der Waals surface area contributed by atoms with Crippen LogP contribution >= 0.6 is 0 Å². The molecule has 2 heteroatoms. The maximum atomic E-state index is 11.0. The van der Waals surface area contributed by atoms with E-state index in [2.05, 4.69) is 6.92 Å². The highest BCUT2D eigenvalue weighted by molar-refractivity contribution is 5.73. The van der Waals surface area contributed by atoms with Crippen molar-refractivity contribution in [1.82, 2.24) is 0 Å². The van der Waals surface area contributed by atoms with Crippen LogP contribution in [0.2, 0.25) is 0 Å². The molecule has 2 nitrogen and oxygen atoms in total. The van der Waals surface area contributed by atoms with Crippen LogP contribution in [0.4, 0.5) is 0 Å². The normalized spacial score (nSPS) is 41.1. The molecule has 0 N–H and O–H groups in total. The van der Waals surface area contributed by atoms with E-state index in [1.54, 1.807) is 0 Å². The van der Waals surface area contributed by atoms with Crippen LogP contribution in [0.5, 0.6) is 0 Å². The van der Waals surface area contributed by atoms with Crippen molar-refractivity contribution in [2.45, 2.75) is 33.3 Å². The van der Waals surface area contributed by atoms with Gasteiger partial charge in [-0.1, -0.05) is 13.8 Å². The summed E-state index contributed by atoms with van der Waals surface area (Å²) in [5.41, 5.74) is 0. The lowest BCUT2D eigenvalue weighted by molar-refractivity contribution is -0.161. The summed E-state index contributed by atoms with van der Waals surface area (Å²) in [5, 5.41) is 0. The van der Waals surface area contributed by atoms with Gasteiger partial charge >= 0.3 is 5.97 Å². The molecular formula is C8H14O2. The monoisotopic (exact) mass is 142 g/mol. The lowest BCUT2D eigenvalue weighted by Crippen LogP contribution is -2.33. The zero-order valence-corrected chi connectivity index (χ0v) is 6.76. The van der Waals surface area contributed by atoms with E-state index in [0.717, 1.165) is 6.42 Å². The first-order valence-electron chi connectivity index (χ1n) is 3.81. The highest BCUT2D eigenvalue weighted by Crippen LogP contribution is 2.25. The summed E-state index contributed by atoms with van der Waals surface area (Å²) in [6.07, 6.45) is 1.13. The molecule has 10 heavy (non-hydrogen) atoms. The van der Waals surface area contributed by atoms with Gasteiger partial charge in [0.25, 0.3) is 0 Å². The molecule has 0 bridgehead atoms. The molecule has 1 fully saturated rings. The minimum Gasteiger partial charge on any atom is -0.462 e. The van der Waals surface area contributed by atoms with Gasteiger partial charge in [0.05, 0.1) is 12.0 Å². The van der Waals surface area contributed by atoms with E-state index in [9.17, 15) is 4.79 Å². The number of carbonyl (C=O) groups is 1. The van der Waals surface area contributed by atoms with Crippen molar-refractivity contribution < 1.29 is 9.53 Å². The predicted octanol–water partition coefficient (Wildman–Crippen LogP) is 1.59. The first kappa shape index (κ1) is 7.58. The minimum absolute atomic E-state index is 0.0359. The molecule has 0 spiro atoms. The fourth-order valence-corrected chi connectivity index (χ4v) is 1.31. The molecule has 1 aliphatic rings. The second-order valence-electron chi connectivity index (χ2n) is 3.25. The number of hydrogen-bond donors (Lipinski definition) is 0. The third-order valence-corrected chi connectivity index (χ3v) is 2.25. The van der Waals surface area contributed by atoms with Gasteiger partial charge in [-0.2, -0.15) is 0 Å². The molecular weight excluding hydrogens is 128 g/mol. The number of cyclic esters (lactones) is 1. The molecule has 1 aliphatic heterocycles. The van der Waals surface area contributed by atoms with E-state index >= 15 is 0 Å². The zero-order valence-electron chi connectivity index (χ0n) is 6.76. The Morgan fingerprint density at radius 3 is 2.50 bits per heavy atom. The van der Waals surface area contributed by atoms with Crippen molar-refractivity contribution in [1.29, 1.82) is 0 Å². The van der Waals surface area contributed by atoms with Crippen LogP contribution in [0.3, 0.4) is 0 Å². The Kier molecular flexibility index (Phi) is 1.97. The molecule has 0 aromatic heterocycles. The van der Waals surface area contributed by atoms with E-state index < -0.39 is 0 Å². The fourth-order valence-electron chi connectivity index (χ4n) is 1.31. The lowest BCUT2D eigenvalue weighted by atomic mass is 9.88. The maximum Gasteiger partial charge on any atom is 0.309 e. The number of rotatable bonds is 0. The molecule has 58 valence electrons. The van der Waals surface area contributed by atoms with Crippen LogP contribution in [0, 0.1) is 11.8 Å². The van der Waals surface area contributed by atoms with E-state index in [4.69, 9.17) is 4.74 Å². The van der Waals surface area contributed by atoms with E-state index in [0.29, 0.717) is 5.92 Å². The van der Waals surface area contributed by atoms with Crippen molar-refractivity contribution in [2.75, 3.05) is 0 Å². The smallest absolute Gasteiger partial charge is 0.309 e. The standard InChI is InChI=1S/C8H14O2/c1-5-4-6(2)10-8(9)7(5)3/h5-7H,4H2,1-3H3. The maximum absolute atomic E-state index is 11.0. The van der Waals surface area contributed by atoms with Gasteiger partial charge in [-0.05, 0) is 19.3 Å². The van der Waals surface area contributed by atoms with Crippen LogP contribution in [0.15, 0.2) is 0 Å². The topological polar surface area (TPSA) is 26.3 Å². The molecule has 3 unspecified atom stereocenters. The van der Waals surface area contributed by atoms with Gasteiger partial charge in [0.2, 0.25) is 0 Å². The van der Waals surface area contributed by atoms with Gasteiger partial charge < -0.3 is 4.74 Å². The van der Waals surface area contributed by atoms with Gasteiger partial charge in [-0.25, -0.2) is 0 Å². The zero-order chi connectivity index (χ0) is 7.72. The Bertz CT molecular complexity index is 142. The second-order valence-corrected chi connectivity index (χ2v) is 3.25. The van der Waals surface area contributed by atoms with Crippen LogP contribution in [0.25, 0.3) is 0 Å². The highest BCUT2D eigenvalue weighted by Gasteiger charge is 2.29. The lowest BCUT2D eigenvalue weighted by Gasteiger charge is -2.28. The van der Waals surface area contributed by atoms with Crippen LogP contribution in [-0.4, -0.2) is 12.1 Å². The minimum atomic E-state index is -0.0359. The van der Waals surface area contributed by atoms with E-state index in [1.807, 2.05) is 13.8 Å². The first-order chi connectivity index (χ1) is 4.61. The molecule has 0 amide bonds. The fraction of sp³-hybridized carbons (Fsp3) is 0.875. The van der Waals surface area contributed by atoms with Crippen molar-refractivity contribution >= 4 is 5.97 Å². The second kappa shape index (κ2) is 2.60. The van der Waals surface area contributed by atoms with Gasteiger partial charge in [-0.3, -0.25) is 4.79 Å². The predicted molar refractivity (Wildman–Crippen MR) is 38.5 cm³/mol. The van der Waals surface area contributed by atoms with Crippen LogP contribution < -0.4 is 0 Å². The molecule has 0 aromatic rings. The Hall–Kier alpha value is -0.530. The molecule has 3 atom stereocenters. The third-order valence-electron chi connectivity index (χ3n) is 2.25. The first-order valence-corrected chi connectivity index (χ1v) is 3.81.